The number of benzene rings is 2. The molecule has 1 amide bonds. The van der Waals surface area contributed by atoms with Crippen molar-refractivity contribution >= 4 is 28.5 Å². The van der Waals surface area contributed by atoms with E-state index in [1.165, 1.54) is 0 Å². The van der Waals surface area contributed by atoms with Gasteiger partial charge in [0.2, 0.25) is 5.91 Å². The topological polar surface area (TPSA) is 46.9 Å². The van der Waals surface area contributed by atoms with Crippen LogP contribution in [0.3, 0.4) is 0 Å². The fourth-order valence-corrected chi connectivity index (χ4v) is 2.85. The van der Waals surface area contributed by atoms with Crippen molar-refractivity contribution in [3.8, 4) is 0 Å². The van der Waals surface area contributed by atoms with Gasteiger partial charge < -0.3 is 9.88 Å². The van der Waals surface area contributed by atoms with E-state index in [1.807, 2.05) is 60.0 Å². The molecule has 0 aliphatic heterocycles. The maximum Gasteiger partial charge on any atom is 0.240 e. The molecule has 0 atom stereocenters. The highest BCUT2D eigenvalue weighted by Gasteiger charge is 2.10. The summed E-state index contributed by atoms with van der Waals surface area (Å²) in [6, 6.07) is 15.5. The van der Waals surface area contributed by atoms with Crippen LogP contribution >= 0.6 is 11.6 Å². The third-order valence-electron chi connectivity index (χ3n) is 3.77. The van der Waals surface area contributed by atoms with Gasteiger partial charge >= 0.3 is 0 Å². The highest BCUT2D eigenvalue weighted by atomic mass is 35.5. The number of nitrogens with zero attached hydrogens (tertiary/aromatic N) is 2. The zero-order valence-corrected chi connectivity index (χ0v) is 13.7. The summed E-state index contributed by atoms with van der Waals surface area (Å²) in [6.45, 7) is 2.78. The van der Waals surface area contributed by atoms with Gasteiger partial charge in [0.1, 0.15) is 12.4 Å². The van der Waals surface area contributed by atoms with Crippen LogP contribution in [-0.2, 0) is 17.8 Å². The van der Waals surface area contributed by atoms with Crippen molar-refractivity contribution in [1.82, 2.24) is 14.9 Å². The Labute approximate surface area is 140 Å². The van der Waals surface area contributed by atoms with E-state index >= 15 is 0 Å². The summed E-state index contributed by atoms with van der Waals surface area (Å²) >= 11 is 5.96. The lowest BCUT2D eigenvalue weighted by Gasteiger charge is -2.08. The van der Waals surface area contributed by atoms with Crippen molar-refractivity contribution in [1.29, 1.82) is 0 Å². The average Bonchev–Trinajstić information content (AvgIpc) is 2.83. The van der Waals surface area contributed by atoms with Crippen LogP contribution in [0.15, 0.2) is 48.5 Å². The molecule has 23 heavy (non-hydrogen) atoms. The zero-order valence-electron chi connectivity index (χ0n) is 12.9. The Hall–Kier alpha value is -2.33. The second kappa shape index (κ2) is 6.84. The molecule has 0 fully saturated rings. The summed E-state index contributed by atoms with van der Waals surface area (Å²) in [6.07, 6.45) is 0.760. The number of halogens is 1. The van der Waals surface area contributed by atoms with Gasteiger partial charge in [-0.2, -0.15) is 0 Å². The Morgan fingerprint density at radius 3 is 2.87 bits per heavy atom. The number of fused-ring (bicyclic) bond motifs is 1. The Morgan fingerprint density at radius 2 is 2.04 bits per heavy atom. The molecule has 0 radical (unpaired) electrons. The highest BCUT2D eigenvalue weighted by Crippen LogP contribution is 2.15. The summed E-state index contributed by atoms with van der Waals surface area (Å²) < 4.78 is 1.93. The SMILES string of the molecule is Cc1nc2ccccc2n1CC(=O)NCCc1cccc(Cl)c1. The molecular weight excluding hydrogens is 310 g/mol. The van der Waals surface area contributed by atoms with Gasteiger partial charge in [-0.05, 0) is 43.2 Å². The van der Waals surface area contributed by atoms with Crippen molar-refractivity contribution in [2.75, 3.05) is 6.54 Å². The van der Waals surface area contributed by atoms with Gasteiger partial charge in [0.15, 0.2) is 0 Å². The lowest BCUT2D eigenvalue weighted by atomic mass is 10.1. The molecule has 0 bridgehead atoms. The quantitative estimate of drug-likeness (QED) is 0.781. The molecule has 0 saturated carbocycles. The summed E-state index contributed by atoms with van der Waals surface area (Å²) in [4.78, 5) is 16.6. The molecule has 0 aliphatic rings. The first kappa shape index (κ1) is 15.6. The van der Waals surface area contributed by atoms with Gasteiger partial charge in [-0.15, -0.1) is 0 Å². The Balaban J connectivity index is 1.60. The molecule has 0 aliphatic carbocycles. The predicted octanol–water partition coefficient (Wildman–Crippen LogP) is 3.36. The molecule has 3 rings (SSSR count). The van der Waals surface area contributed by atoms with E-state index in [4.69, 9.17) is 11.6 Å². The van der Waals surface area contributed by atoms with Crippen LogP contribution < -0.4 is 5.32 Å². The molecule has 0 spiro atoms. The van der Waals surface area contributed by atoms with E-state index < -0.39 is 0 Å². The predicted molar refractivity (Wildman–Crippen MR) is 92.6 cm³/mol. The van der Waals surface area contributed by atoms with Gasteiger partial charge in [-0.3, -0.25) is 4.79 Å². The van der Waals surface area contributed by atoms with E-state index in [-0.39, 0.29) is 12.5 Å². The molecule has 2 aromatic carbocycles. The molecule has 1 aromatic heterocycles. The Kier molecular flexibility index (Phi) is 4.63. The number of hydrogen-bond donors (Lipinski definition) is 1. The van der Waals surface area contributed by atoms with Gasteiger partial charge in [0, 0.05) is 11.6 Å². The van der Waals surface area contributed by atoms with Crippen molar-refractivity contribution in [3.63, 3.8) is 0 Å². The van der Waals surface area contributed by atoms with E-state index in [0.717, 1.165) is 28.8 Å². The van der Waals surface area contributed by atoms with Crippen LogP contribution in [0, 0.1) is 6.92 Å². The summed E-state index contributed by atoms with van der Waals surface area (Å²) in [5, 5.41) is 3.67. The molecule has 3 aromatic rings. The third-order valence-corrected chi connectivity index (χ3v) is 4.01. The van der Waals surface area contributed by atoms with E-state index in [1.54, 1.807) is 0 Å². The van der Waals surface area contributed by atoms with Crippen molar-refractivity contribution in [3.05, 3.63) is 64.9 Å². The van der Waals surface area contributed by atoms with Gasteiger partial charge in [-0.1, -0.05) is 35.9 Å². The van der Waals surface area contributed by atoms with Crippen LogP contribution in [0.1, 0.15) is 11.4 Å². The lowest BCUT2D eigenvalue weighted by Crippen LogP contribution is -2.29. The third kappa shape index (κ3) is 3.71. The zero-order chi connectivity index (χ0) is 16.2. The minimum absolute atomic E-state index is 0.0155. The number of aryl methyl sites for hydroxylation is 1. The highest BCUT2D eigenvalue weighted by molar-refractivity contribution is 6.30. The first-order valence-electron chi connectivity index (χ1n) is 7.56. The van der Waals surface area contributed by atoms with Crippen molar-refractivity contribution in [2.24, 2.45) is 0 Å². The molecule has 5 heteroatoms. The first-order valence-corrected chi connectivity index (χ1v) is 7.94. The van der Waals surface area contributed by atoms with Crippen LogP contribution in [0.2, 0.25) is 5.02 Å². The van der Waals surface area contributed by atoms with Gasteiger partial charge in [0.25, 0.3) is 0 Å². The average molecular weight is 328 g/mol. The van der Waals surface area contributed by atoms with Gasteiger partial charge in [0.05, 0.1) is 11.0 Å². The molecule has 118 valence electrons. The molecule has 1 heterocycles. The fourth-order valence-electron chi connectivity index (χ4n) is 2.63. The Morgan fingerprint density at radius 1 is 1.22 bits per heavy atom. The standard InChI is InChI=1S/C18H18ClN3O/c1-13-21-16-7-2-3-8-17(16)22(13)12-18(23)20-10-9-14-5-4-6-15(19)11-14/h2-8,11H,9-10,12H2,1H3,(H,20,23). The molecule has 4 nitrogen and oxygen atoms in total. The molecule has 0 saturated heterocycles. The second-order valence-electron chi connectivity index (χ2n) is 5.46. The Bertz CT molecular complexity index is 841. The maximum absolute atomic E-state index is 12.2. The largest absolute Gasteiger partial charge is 0.354 e. The number of aromatic nitrogens is 2. The van der Waals surface area contributed by atoms with Crippen molar-refractivity contribution in [2.45, 2.75) is 19.9 Å². The minimum atomic E-state index is -0.0155. The van der Waals surface area contributed by atoms with Gasteiger partial charge in [-0.25, -0.2) is 4.98 Å². The van der Waals surface area contributed by atoms with E-state index in [0.29, 0.717) is 11.6 Å². The molecule has 1 N–H and O–H groups in total. The molecular formula is C18H18ClN3O. The maximum atomic E-state index is 12.2. The minimum Gasteiger partial charge on any atom is -0.354 e. The number of para-hydroxylation sites is 2. The normalized spacial score (nSPS) is 10.9. The van der Waals surface area contributed by atoms with Crippen LogP contribution in [0.25, 0.3) is 11.0 Å². The fraction of sp³-hybridized carbons (Fsp3) is 0.222. The smallest absolute Gasteiger partial charge is 0.240 e. The monoisotopic (exact) mass is 327 g/mol. The van der Waals surface area contributed by atoms with Crippen LogP contribution in [-0.4, -0.2) is 22.0 Å². The number of amides is 1. The van der Waals surface area contributed by atoms with E-state index in [2.05, 4.69) is 10.3 Å². The molecule has 0 unspecified atom stereocenters. The van der Waals surface area contributed by atoms with Crippen LogP contribution in [0.5, 0.6) is 0 Å². The number of rotatable bonds is 5. The summed E-state index contributed by atoms with van der Waals surface area (Å²) in [5.74, 6) is 0.828. The summed E-state index contributed by atoms with van der Waals surface area (Å²) in [7, 11) is 0. The number of imidazole rings is 1. The number of nitrogens with one attached hydrogen (secondary N) is 1. The lowest BCUT2D eigenvalue weighted by molar-refractivity contribution is -0.121. The second-order valence-corrected chi connectivity index (χ2v) is 5.90. The summed E-state index contributed by atoms with van der Waals surface area (Å²) in [5.41, 5.74) is 3.01. The first-order chi connectivity index (χ1) is 11.1. The van der Waals surface area contributed by atoms with Crippen molar-refractivity contribution < 1.29 is 4.79 Å². The number of carbonyl (C=O) groups is 1. The van der Waals surface area contributed by atoms with E-state index in [9.17, 15) is 4.79 Å². The van der Waals surface area contributed by atoms with Crippen LogP contribution in [0.4, 0.5) is 0 Å². The number of hydrogen-bond acceptors (Lipinski definition) is 2. The number of carbonyl (C=O) groups excluding carboxylic acids is 1.